The maximum atomic E-state index is 12.4. The fraction of sp³-hybridized carbons (Fsp3) is 0.227. The zero-order valence-electron chi connectivity index (χ0n) is 16.6. The van der Waals surface area contributed by atoms with Crippen LogP contribution in [-0.2, 0) is 4.79 Å². The van der Waals surface area contributed by atoms with Crippen LogP contribution in [0.4, 0.5) is 6.01 Å². The van der Waals surface area contributed by atoms with E-state index in [4.69, 9.17) is 21.0 Å². The van der Waals surface area contributed by atoms with E-state index in [0.29, 0.717) is 33.7 Å². The van der Waals surface area contributed by atoms with E-state index in [-0.39, 0.29) is 11.8 Å². The Hall–Kier alpha value is -3.12. The third-order valence-electron chi connectivity index (χ3n) is 4.44. The number of nitrogens with zero attached hydrogens (tertiary/aromatic N) is 2. The van der Waals surface area contributed by atoms with E-state index in [1.165, 1.54) is 0 Å². The van der Waals surface area contributed by atoms with Gasteiger partial charge in [-0.05, 0) is 44.0 Å². The topological polar surface area (TPSA) is 79.5 Å². The molecule has 29 heavy (non-hydrogen) atoms. The van der Waals surface area contributed by atoms with Crippen molar-refractivity contribution >= 4 is 42.0 Å². The van der Waals surface area contributed by atoms with Crippen molar-refractivity contribution in [3.8, 4) is 0 Å². The van der Waals surface area contributed by atoms with Gasteiger partial charge in [-0.15, -0.1) is 0 Å². The molecule has 2 heterocycles. The lowest BCUT2D eigenvalue weighted by Crippen LogP contribution is -2.37. The first-order valence-electron chi connectivity index (χ1n) is 9.33. The number of hydrogen-bond acceptors (Lipinski definition) is 6. The monoisotopic (exact) mass is 410 g/mol. The zero-order valence-corrected chi connectivity index (χ0v) is 17.4. The molecule has 2 N–H and O–H groups in total. The molecule has 3 rings (SSSR count). The molecule has 7 heteroatoms. The molecule has 1 atom stereocenters. The van der Waals surface area contributed by atoms with E-state index >= 15 is 0 Å². The minimum absolute atomic E-state index is 0.0310. The number of carbonyl (C=O) groups is 1. The van der Waals surface area contributed by atoms with Crippen LogP contribution in [0.25, 0.3) is 12.7 Å². The van der Waals surface area contributed by atoms with E-state index in [2.05, 4.69) is 22.2 Å². The minimum Gasteiger partial charge on any atom is -0.424 e. The van der Waals surface area contributed by atoms with Crippen LogP contribution >= 0.6 is 11.6 Å². The number of rotatable bonds is 5. The molecule has 0 aliphatic carbocycles. The number of aromatic nitrogens is 1. The second kappa shape index (κ2) is 8.92. The molecule has 1 aliphatic heterocycles. The molecule has 2 aromatic rings. The predicted molar refractivity (Wildman–Crippen MR) is 117 cm³/mol. The summed E-state index contributed by atoms with van der Waals surface area (Å²) < 4.78 is 5.59. The Morgan fingerprint density at radius 1 is 1.38 bits per heavy atom. The standard InChI is InChI=1S/C22H23ClN4O2/c1-5-7-8-18-14(4)29-22(25-18)27-21-24-17(6-2)19(13(3)28)20(26-21)15-9-11-16(23)12-10-15/h5,7-12,20H,4,6H2,1-3H3,(H2,24,25,26,27)/b7-5-,18-8+. The summed E-state index contributed by atoms with van der Waals surface area (Å²) in [6.07, 6.45) is 6.22. The average Bonchev–Trinajstić information content (AvgIpc) is 3.04. The molecule has 6 nitrogen and oxygen atoms in total. The Kier molecular flexibility index (Phi) is 6.34. The zero-order chi connectivity index (χ0) is 21.0. The fourth-order valence-electron chi connectivity index (χ4n) is 3.07. The van der Waals surface area contributed by atoms with Crippen LogP contribution in [0.3, 0.4) is 0 Å². The number of Topliss-reactive ketones (excluding diaryl/α,β-unsaturated/α-hetero) is 1. The number of halogens is 1. The van der Waals surface area contributed by atoms with E-state index in [9.17, 15) is 4.79 Å². The second-order valence-corrected chi connectivity index (χ2v) is 6.94. The molecule has 0 saturated carbocycles. The SMILES string of the molecule is C=c1oc(NC2=NC(c3ccc(Cl)cc3)C(C(C)=O)=C(CC)N2)n/c1=C/C=C\C. The van der Waals surface area contributed by atoms with Crippen molar-refractivity contribution < 1.29 is 9.21 Å². The van der Waals surface area contributed by atoms with Gasteiger partial charge < -0.3 is 9.73 Å². The number of aliphatic imine (C=N–C) groups is 1. The van der Waals surface area contributed by atoms with E-state index in [1.54, 1.807) is 19.1 Å². The number of benzene rings is 1. The summed E-state index contributed by atoms with van der Waals surface area (Å²) in [7, 11) is 0. The molecule has 0 saturated heterocycles. The molecule has 1 aromatic carbocycles. The van der Waals surface area contributed by atoms with Gasteiger partial charge in [-0.25, -0.2) is 4.99 Å². The lowest BCUT2D eigenvalue weighted by molar-refractivity contribution is -0.114. The predicted octanol–water partition coefficient (Wildman–Crippen LogP) is 3.46. The van der Waals surface area contributed by atoms with Crippen LogP contribution in [0.1, 0.15) is 38.8 Å². The Labute approximate surface area is 174 Å². The molecule has 0 amide bonds. The molecule has 1 aliphatic rings. The van der Waals surface area contributed by atoms with Gasteiger partial charge in [0.05, 0.1) is 0 Å². The number of carbonyl (C=O) groups excluding carboxylic acids is 1. The number of hydrogen-bond donors (Lipinski definition) is 2. The van der Waals surface area contributed by atoms with Crippen LogP contribution in [0.15, 0.2) is 57.1 Å². The molecule has 0 radical (unpaired) electrons. The Bertz CT molecular complexity index is 1110. The average molecular weight is 411 g/mol. The van der Waals surface area contributed by atoms with Crippen LogP contribution in [0.5, 0.6) is 0 Å². The summed E-state index contributed by atoms with van der Waals surface area (Å²) >= 11 is 6.02. The molecule has 0 fully saturated rings. The first kappa shape index (κ1) is 20.6. The van der Waals surface area contributed by atoms with Gasteiger partial charge in [0.2, 0.25) is 5.96 Å². The Balaban J connectivity index is 1.99. The highest BCUT2D eigenvalue weighted by molar-refractivity contribution is 6.30. The minimum atomic E-state index is -0.452. The largest absolute Gasteiger partial charge is 0.424 e. The maximum Gasteiger partial charge on any atom is 0.302 e. The van der Waals surface area contributed by atoms with Crippen molar-refractivity contribution in [1.29, 1.82) is 0 Å². The molecular formula is C22H23ClN4O2. The molecule has 0 bridgehead atoms. The van der Waals surface area contributed by atoms with Crippen LogP contribution in [0, 0.1) is 0 Å². The van der Waals surface area contributed by atoms with Crippen LogP contribution < -0.4 is 21.4 Å². The summed E-state index contributed by atoms with van der Waals surface area (Å²) in [6, 6.07) is 7.15. The van der Waals surface area contributed by atoms with Gasteiger partial charge in [0.15, 0.2) is 5.78 Å². The second-order valence-electron chi connectivity index (χ2n) is 6.50. The van der Waals surface area contributed by atoms with Gasteiger partial charge >= 0.3 is 6.01 Å². The quantitative estimate of drug-likeness (QED) is 0.789. The van der Waals surface area contributed by atoms with Crippen molar-refractivity contribution in [1.82, 2.24) is 10.3 Å². The normalized spacial score (nSPS) is 17.4. The highest BCUT2D eigenvalue weighted by Crippen LogP contribution is 2.32. The van der Waals surface area contributed by atoms with Gasteiger partial charge in [-0.3, -0.25) is 10.1 Å². The third-order valence-corrected chi connectivity index (χ3v) is 4.70. The molecular weight excluding hydrogens is 388 g/mol. The van der Waals surface area contributed by atoms with Crippen molar-refractivity contribution in [2.45, 2.75) is 33.2 Å². The lowest BCUT2D eigenvalue weighted by Gasteiger charge is -2.27. The van der Waals surface area contributed by atoms with Crippen molar-refractivity contribution in [3.63, 3.8) is 0 Å². The Morgan fingerprint density at radius 3 is 2.72 bits per heavy atom. The highest BCUT2D eigenvalue weighted by Gasteiger charge is 2.28. The van der Waals surface area contributed by atoms with E-state index < -0.39 is 6.04 Å². The first-order valence-corrected chi connectivity index (χ1v) is 9.70. The lowest BCUT2D eigenvalue weighted by atomic mass is 9.93. The van der Waals surface area contributed by atoms with Gasteiger partial charge in [-0.1, -0.05) is 49.4 Å². The molecule has 1 unspecified atom stereocenters. The maximum absolute atomic E-state index is 12.4. The van der Waals surface area contributed by atoms with Crippen molar-refractivity contribution in [2.75, 3.05) is 5.32 Å². The smallest absolute Gasteiger partial charge is 0.302 e. The third kappa shape index (κ3) is 4.66. The van der Waals surface area contributed by atoms with E-state index in [0.717, 1.165) is 11.3 Å². The van der Waals surface area contributed by atoms with Gasteiger partial charge in [0.25, 0.3) is 0 Å². The first-order chi connectivity index (χ1) is 13.9. The summed E-state index contributed by atoms with van der Waals surface area (Å²) in [5.74, 6) is 0.419. The van der Waals surface area contributed by atoms with Crippen molar-refractivity contribution in [2.24, 2.45) is 4.99 Å². The number of anilines is 1. The number of allylic oxidation sites excluding steroid dienone is 3. The number of ketones is 1. The van der Waals surface area contributed by atoms with Gasteiger partial charge in [-0.2, -0.15) is 4.98 Å². The summed E-state index contributed by atoms with van der Waals surface area (Å²) in [5.41, 5.74) is 2.76. The summed E-state index contributed by atoms with van der Waals surface area (Å²) in [4.78, 5) is 21.5. The molecule has 150 valence electrons. The number of guanidine groups is 1. The highest BCUT2D eigenvalue weighted by atomic mass is 35.5. The summed E-state index contributed by atoms with van der Waals surface area (Å²) in [6.45, 7) is 9.32. The number of nitrogens with one attached hydrogen (secondary N) is 2. The Morgan fingerprint density at radius 2 is 2.10 bits per heavy atom. The van der Waals surface area contributed by atoms with Crippen LogP contribution in [-0.4, -0.2) is 16.7 Å². The summed E-state index contributed by atoms with van der Waals surface area (Å²) in [5, 5.41) is 7.51. The van der Waals surface area contributed by atoms with Gasteiger partial charge in [0, 0.05) is 16.3 Å². The molecule has 1 aromatic heterocycles. The van der Waals surface area contributed by atoms with Gasteiger partial charge in [0.1, 0.15) is 16.8 Å². The number of oxazole rings is 1. The molecule has 0 spiro atoms. The van der Waals surface area contributed by atoms with Crippen molar-refractivity contribution in [3.05, 3.63) is 69.0 Å². The fourth-order valence-corrected chi connectivity index (χ4v) is 3.20. The van der Waals surface area contributed by atoms with Crippen LogP contribution in [0.2, 0.25) is 5.02 Å². The van der Waals surface area contributed by atoms with E-state index in [1.807, 2.05) is 44.2 Å².